The van der Waals surface area contributed by atoms with Crippen LogP contribution in [0.15, 0.2) is 0 Å². The molecule has 2 aromatic heterocycles. The van der Waals surface area contributed by atoms with Crippen LogP contribution in [-0.4, -0.2) is 47.0 Å². The molecule has 2 aromatic rings. The minimum absolute atomic E-state index is 0.0358. The summed E-state index contributed by atoms with van der Waals surface area (Å²) in [4.78, 5) is 30.0. The van der Waals surface area contributed by atoms with Crippen molar-refractivity contribution in [3.8, 4) is 0 Å². The van der Waals surface area contributed by atoms with Crippen LogP contribution in [0.2, 0.25) is 0 Å². The van der Waals surface area contributed by atoms with E-state index in [0.29, 0.717) is 6.42 Å². The summed E-state index contributed by atoms with van der Waals surface area (Å²) >= 11 is 1.90. The van der Waals surface area contributed by atoms with Crippen molar-refractivity contribution in [3.05, 3.63) is 16.3 Å². The molecule has 0 saturated carbocycles. The second kappa shape index (κ2) is 9.05. The molecule has 1 aliphatic heterocycles. The second-order valence-electron chi connectivity index (χ2n) is 10.7. The normalized spacial score (nSPS) is 19.7. The fourth-order valence-electron chi connectivity index (χ4n) is 4.77. The van der Waals surface area contributed by atoms with Gasteiger partial charge in [-0.05, 0) is 42.6 Å². The van der Waals surface area contributed by atoms with Crippen LogP contribution in [0.5, 0.6) is 0 Å². The number of hydrogen-bond donors (Lipinski definition) is 0. The molecule has 1 atom stereocenters. The van der Waals surface area contributed by atoms with Crippen molar-refractivity contribution in [2.45, 2.75) is 79.6 Å². The van der Waals surface area contributed by atoms with Crippen molar-refractivity contribution in [2.75, 3.05) is 31.1 Å². The molecule has 0 bridgehead atoms. The third kappa shape index (κ3) is 5.05. The molecule has 0 radical (unpaired) electrons. The van der Waals surface area contributed by atoms with Gasteiger partial charge in [-0.2, -0.15) is 0 Å². The molecule has 0 spiro atoms. The van der Waals surface area contributed by atoms with Gasteiger partial charge in [0.15, 0.2) is 0 Å². The molecular weight excluding hydrogens is 404 g/mol. The number of amides is 1. The molecule has 6 heteroatoms. The summed E-state index contributed by atoms with van der Waals surface area (Å²) in [5, 5.41) is 1.31. The third-order valence-corrected chi connectivity index (χ3v) is 7.70. The van der Waals surface area contributed by atoms with E-state index in [-0.39, 0.29) is 11.3 Å². The largest absolute Gasteiger partial charge is 0.352 e. The second-order valence-corrected chi connectivity index (χ2v) is 11.8. The fraction of sp³-hybridized carbons (Fsp3) is 0.720. The number of fused-ring (bicyclic) bond motifs is 3. The number of nitrogens with zero attached hydrogens (tertiary/aromatic N) is 4. The molecule has 0 unspecified atom stereocenters. The summed E-state index contributed by atoms with van der Waals surface area (Å²) in [6, 6.07) is 0. The first-order valence-electron chi connectivity index (χ1n) is 12.1. The third-order valence-electron chi connectivity index (χ3n) is 6.55. The van der Waals surface area contributed by atoms with Crippen molar-refractivity contribution in [1.29, 1.82) is 0 Å². The Morgan fingerprint density at radius 1 is 1.16 bits per heavy atom. The number of carbonyl (C=O) groups excluding carboxylic acids is 1. The van der Waals surface area contributed by atoms with E-state index in [0.717, 1.165) is 69.4 Å². The first kappa shape index (κ1) is 22.5. The van der Waals surface area contributed by atoms with Gasteiger partial charge in [0.2, 0.25) is 5.91 Å². The van der Waals surface area contributed by atoms with Gasteiger partial charge in [-0.1, -0.05) is 41.0 Å². The molecule has 5 nitrogen and oxygen atoms in total. The van der Waals surface area contributed by atoms with Gasteiger partial charge in [-0.15, -0.1) is 11.3 Å². The molecule has 1 amide bonds. The molecule has 1 fully saturated rings. The van der Waals surface area contributed by atoms with E-state index in [1.807, 2.05) is 16.2 Å². The van der Waals surface area contributed by atoms with Gasteiger partial charge in [0.05, 0.1) is 5.39 Å². The monoisotopic (exact) mass is 442 g/mol. The maximum atomic E-state index is 12.7. The molecule has 0 aromatic carbocycles. The Morgan fingerprint density at radius 2 is 1.90 bits per heavy atom. The molecule has 2 aliphatic rings. The Labute approximate surface area is 191 Å². The predicted octanol–water partition coefficient (Wildman–Crippen LogP) is 5.24. The van der Waals surface area contributed by atoms with Crippen LogP contribution in [-0.2, 0) is 24.1 Å². The number of aryl methyl sites for hydroxylation is 2. The zero-order valence-corrected chi connectivity index (χ0v) is 20.8. The van der Waals surface area contributed by atoms with E-state index >= 15 is 0 Å². The molecule has 4 rings (SSSR count). The standard InChI is InChI=1S/C25H38N4OS/c1-6-7-8-20-26-23(22-18-10-9-17(2)15-19(18)31-24(22)27-20)29-13-11-28(12-14-29)21(30)16-25(3,4)5/h17H,6-16H2,1-5H3/t17-/m0/s1. The van der Waals surface area contributed by atoms with E-state index < -0.39 is 0 Å². The summed E-state index contributed by atoms with van der Waals surface area (Å²) in [5.74, 6) is 3.16. The van der Waals surface area contributed by atoms with Crippen molar-refractivity contribution in [3.63, 3.8) is 0 Å². The highest BCUT2D eigenvalue weighted by Crippen LogP contribution is 2.41. The highest BCUT2D eigenvalue weighted by molar-refractivity contribution is 7.19. The summed E-state index contributed by atoms with van der Waals surface area (Å²) in [6.07, 6.45) is 7.42. The lowest BCUT2D eigenvalue weighted by Gasteiger charge is -2.37. The molecule has 170 valence electrons. The number of rotatable bonds is 5. The average molecular weight is 443 g/mol. The van der Waals surface area contributed by atoms with Crippen molar-refractivity contribution < 1.29 is 4.79 Å². The summed E-state index contributed by atoms with van der Waals surface area (Å²) < 4.78 is 0. The van der Waals surface area contributed by atoms with Gasteiger partial charge in [-0.25, -0.2) is 9.97 Å². The molecule has 1 aliphatic carbocycles. The summed E-state index contributed by atoms with van der Waals surface area (Å²) in [7, 11) is 0. The summed E-state index contributed by atoms with van der Waals surface area (Å²) in [6.45, 7) is 14.3. The zero-order chi connectivity index (χ0) is 22.2. The molecule has 3 heterocycles. The Bertz CT molecular complexity index is 937. The van der Waals surface area contributed by atoms with Crippen LogP contribution in [0.25, 0.3) is 10.2 Å². The van der Waals surface area contributed by atoms with Gasteiger partial charge in [-0.3, -0.25) is 4.79 Å². The minimum atomic E-state index is 0.0358. The van der Waals surface area contributed by atoms with Crippen LogP contribution >= 0.6 is 11.3 Å². The highest BCUT2D eigenvalue weighted by Gasteiger charge is 2.29. The number of aromatic nitrogens is 2. The molecule has 0 N–H and O–H groups in total. The van der Waals surface area contributed by atoms with Crippen molar-refractivity contribution in [1.82, 2.24) is 14.9 Å². The van der Waals surface area contributed by atoms with Gasteiger partial charge in [0, 0.05) is 43.9 Å². The van der Waals surface area contributed by atoms with E-state index in [9.17, 15) is 4.79 Å². The predicted molar refractivity (Wildman–Crippen MR) is 130 cm³/mol. The van der Waals surface area contributed by atoms with Gasteiger partial charge in [0.25, 0.3) is 0 Å². The van der Waals surface area contributed by atoms with Gasteiger partial charge >= 0.3 is 0 Å². The van der Waals surface area contributed by atoms with E-state index in [1.54, 1.807) is 0 Å². The number of carbonyl (C=O) groups is 1. The van der Waals surface area contributed by atoms with Crippen molar-refractivity contribution in [2.24, 2.45) is 11.3 Å². The smallest absolute Gasteiger partial charge is 0.223 e. The van der Waals surface area contributed by atoms with Gasteiger partial charge in [0.1, 0.15) is 16.5 Å². The lowest BCUT2D eigenvalue weighted by atomic mass is 9.89. The van der Waals surface area contributed by atoms with Crippen LogP contribution in [0.4, 0.5) is 5.82 Å². The SMILES string of the molecule is CCCCc1nc(N2CCN(C(=O)CC(C)(C)C)CC2)c2c3c(sc2n1)C[C@@H](C)CC3. The number of unbranched alkanes of at least 4 members (excludes halogenated alkanes) is 1. The number of piperazine rings is 1. The maximum Gasteiger partial charge on any atom is 0.223 e. The first-order valence-corrected chi connectivity index (χ1v) is 12.9. The Balaban J connectivity index is 1.61. The minimum Gasteiger partial charge on any atom is -0.352 e. The van der Waals surface area contributed by atoms with E-state index in [1.165, 1.54) is 33.5 Å². The number of thiophene rings is 1. The van der Waals surface area contributed by atoms with Crippen molar-refractivity contribution >= 4 is 33.3 Å². The first-order chi connectivity index (χ1) is 14.7. The Kier molecular flexibility index (Phi) is 6.57. The molecule has 31 heavy (non-hydrogen) atoms. The fourth-order valence-corrected chi connectivity index (χ4v) is 6.17. The molecule has 1 saturated heterocycles. The van der Waals surface area contributed by atoms with Crippen LogP contribution in [0.3, 0.4) is 0 Å². The quantitative estimate of drug-likeness (QED) is 0.635. The lowest BCUT2D eigenvalue weighted by Crippen LogP contribution is -2.49. The van der Waals surface area contributed by atoms with E-state index in [2.05, 4.69) is 39.5 Å². The van der Waals surface area contributed by atoms with E-state index in [4.69, 9.17) is 9.97 Å². The zero-order valence-electron chi connectivity index (χ0n) is 20.0. The van der Waals surface area contributed by atoms with Crippen LogP contribution in [0, 0.1) is 11.3 Å². The van der Waals surface area contributed by atoms with Crippen LogP contribution in [0.1, 0.15) is 76.6 Å². The van der Waals surface area contributed by atoms with Gasteiger partial charge < -0.3 is 9.80 Å². The number of anilines is 1. The Hall–Kier alpha value is -1.69. The van der Waals surface area contributed by atoms with Crippen LogP contribution < -0.4 is 4.90 Å². The maximum absolute atomic E-state index is 12.7. The lowest BCUT2D eigenvalue weighted by molar-refractivity contribution is -0.133. The highest BCUT2D eigenvalue weighted by atomic mass is 32.1. The summed E-state index contributed by atoms with van der Waals surface area (Å²) in [5.41, 5.74) is 1.54. The number of hydrogen-bond acceptors (Lipinski definition) is 5. The average Bonchev–Trinajstić information content (AvgIpc) is 3.07. The topological polar surface area (TPSA) is 49.3 Å². The Morgan fingerprint density at radius 3 is 2.58 bits per heavy atom. The molecular formula is C25H38N4OS.